The maximum absolute atomic E-state index is 11.7. The third kappa shape index (κ3) is 2.14. The molecule has 3 rings (SSSR count). The summed E-state index contributed by atoms with van der Waals surface area (Å²) in [5, 5.41) is 0.805. The van der Waals surface area contributed by atoms with E-state index in [1.807, 2.05) is 54.6 Å². The average molecular weight is 263 g/mol. The molecule has 1 aromatic heterocycles. The second-order valence-corrected chi connectivity index (χ2v) is 4.43. The number of fused-ring (bicyclic) bond motifs is 1. The van der Waals surface area contributed by atoms with E-state index in [2.05, 4.69) is 4.98 Å². The van der Waals surface area contributed by atoms with Gasteiger partial charge in [-0.15, -0.1) is 0 Å². The van der Waals surface area contributed by atoms with Crippen molar-refractivity contribution in [3.63, 3.8) is 0 Å². The second kappa shape index (κ2) is 5.13. The topological polar surface area (TPSA) is 39.2 Å². The summed E-state index contributed by atoms with van der Waals surface area (Å²) in [6, 6.07) is 19.2. The van der Waals surface area contributed by atoms with Crippen LogP contribution in [0, 0.1) is 0 Å². The fourth-order valence-electron chi connectivity index (χ4n) is 2.21. The van der Waals surface area contributed by atoms with Gasteiger partial charge in [0.25, 0.3) is 0 Å². The Kier molecular flexibility index (Phi) is 3.17. The molecule has 0 amide bonds. The number of aromatic nitrogens is 1. The molecule has 3 heteroatoms. The molecule has 98 valence electrons. The molecule has 0 atom stereocenters. The molecular formula is C17H13NO2. The number of carbonyl (C=O) groups excluding carboxylic acids is 1. The predicted octanol–water partition coefficient (Wildman–Crippen LogP) is 3.69. The molecule has 3 nitrogen and oxygen atoms in total. The summed E-state index contributed by atoms with van der Waals surface area (Å²) < 4.78 is 4.79. The van der Waals surface area contributed by atoms with Gasteiger partial charge in [-0.3, -0.25) is 0 Å². The van der Waals surface area contributed by atoms with Crippen LogP contribution in [0.15, 0.2) is 60.7 Å². The van der Waals surface area contributed by atoms with Gasteiger partial charge in [0.2, 0.25) is 0 Å². The molecule has 3 aromatic rings. The van der Waals surface area contributed by atoms with E-state index in [4.69, 9.17) is 4.74 Å². The SMILES string of the molecule is COC(=O)c1cccc2nc(-c3ccccc3)ccc12. The molecule has 0 fully saturated rings. The zero-order valence-electron chi connectivity index (χ0n) is 11.0. The van der Waals surface area contributed by atoms with Gasteiger partial charge in [-0.25, -0.2) is 9.78 Å². The Morgan fingerprint density at radius 3 is 2.50 bits per heavy atom. The van der Waals surface area contributed by atoms with Crippen LogP contribution < -0.4 is 0 Å². The van der Waals surface area contributed by atoms with E-state index < -0.39 is 0 Å². The monoisotopic (exact) mass is 263 g/mol. The number of hydrogen-bond donors (Lipinski definition) is 0. The van der Waals surface area contributed by atoms with Crippen LogP contribution in [0.1, 0.15) is 10.4 Å². The molecule has 0 aliphatic rings. The van der Waals surface area contributed by atoms with Crippen LogP contribution in [0.3, 0.4) is 0 Å². The first-order chi connectivity index (χ1) is 9.79. The van der Waals surface area contributed by atoms with E-state index in [0.29, 0.717) is 5.56 Å². The van der Waals surface area contributed by atoms with Crippen LogP contribution in [-0.2, 0) is 4.74 Å². The number of hydrogen-bond acceptors (Lipinski definition) is 3. The van der Waals surface area contributed by atoms with Gasteiger partial charge in [0.1, 0.15) is 0 Å². The highest BCUT2D eigenvalue weighted by Gasteiger charge is 2.11. The molecule has 0 radical (unpaired) electrons. The molecule has 0 saturated heterocycles. The Balaban J connectivity index is 2.16. The van der Waals surface area contributed by atoms with Gasteiger partial charge < -0.3 is 4.74 Å². The summed E-state index contributed by atoms with van der Waals surface area (Å²) in [7, 11) is 1.38. The van der Waals surface area contributed by atoms with Gasteiger partial charge in [0.05, 0.1) is 23.9 Å². The summed E-state index contributed by atoms with van der Waals surface area (Å²) >= 11 is 0. The number of benzene rings is 2. The van der Waals surface area contributed by atoms with E-state index in [-0.39, 0.29) is 5.97 Å². The third-order valence-corrected chi connectivity index (χ3v) is 3.21. The molecule has 0 aliphatic carbocycles. The van der Waals surface area contributed by atoms with Crippen molar-refractivity contribution in [1.29, 1.82) is 0 Å². The number of methoxy groups -OCH3 is 1. The number of rotatable bonds is 2. The lowest BCUT2D eigenvalue weighted by Gasteiger charge is -2.06. The van der Waals surface area contributed by atoms with Crippen molar-refractivity contribution in [1.82, 2.24) is 4.98 Å². The van der Waals surface area contributed by atoms with E-state index in [1.54, 1.807) is 6.07 Å². The highest BCUT2D eigenvalue weighted by atomic mass is 16.5. The zero-order valence-corrected chi connectivity index (χ0v) is 11.0. The first kappa shape index (κ1) is 12.4. The minimum Gasteiger partial charge on any atom is -0.465 e. The van der Waals surface area contributed by atoms with E-state index in [1.165, 1.54) is 7.11 Å². The van der Waals surface area contributed by atoms with Crippen molar-refractivity contribution in [2.75, 3.05) is 7.11 Å². The van der Waals surface area contributed by atoms with Crippen LogP contribution in [-0.4, -0.2) is 18.1 Å². The quantitative estimate of drug-likeness (QED) is 0.662. The molecule has 0 spiro atoms. The molecule has 0 saturated carbocycles. The van der Waals surface area contributed by atoms with E-state index >= 15 is 0 Å². The van der Waals surface area contributed by atoms with Crippen LogP contribution in [0.25, 0.3) is 22.2 Å². The van der Waals surface area contributed by atoms with E-state index in [0.717, 1.165) is 22.2 Å². The number of esters is 1. The fourth-order valence-corrected chi connectivity index (χ4v) is 2.21. The molecule has 20 heavy (non-hydrogen) atoms. The van der Waals surface area contributed by atoms with Crippen LogP contribution >= 0.6 is 0 Å². The summed E-state index contributed by atoms with van der Waals surface area (Å²) in [5.74, 6) is -0.343. The molecule has 0 bridgehead atoms. The molecule has 0 unspecified atom stereocenters. The maximum Gasteiger partial charge on any atom is 0.338 e. The van der Waals surface area contributed by atoms with Crippen molar-refractivity contribution in [2.24, 2.45) is 0 Å². The lowest BCUT2D eigenvalue weighted by Crippen LogP contribution is -2.02. The van der Waals surface area contributed by atoms with Gasteiger partial charge in [0, 0.05) is 10.9 Å². The van der Waals surface area contributed by atoms with Crippen LogP contribution in [0.4, 0.5) is 0 Å². The molecule has 1 heterocycles. The predicted molar refractivity (Wildman–Crippen MR) is 78.5 cm³/mol. The van der Waals surface area contributed by atoms with Crippen molar-refractivity contribution >= 4 is 16.9 Å². The standard InChI is InChI=1S/C17H13NO2/c1-20-17(19)14-8-5-9-16-13(14)10-11-15(18-16)12-6-3-2-4-7-12/h2-11H,1H3. The molecule has 0 N–H and O–H groups in total. The summed E-state index contributed by atoms with van der Waals surface area (Å²) in [6.07, 6.45) is 0. The van der Waals surface area contributed by atoms with Crippen molar-refractivity contribution in [2.45, 2.75) is 0 Å². The normalized spacial score (nSPS) is 10.4. The first-order valence-electron chi connectivity index (χ1n) is 6.33. The second-order valence-electron chi connectivity index (χ2n) is 4.43. The Morgan fingerprint density at radius 2 is 1.75 bits per heavy atom. The van der Waals surface area contributed by atoms with Crippen molar-refractivity contribution in [3.8, 4) is 11.3 Å². The van der Waals surface area contributed by atoms with Gasteiger partial charge in [-0.1, -0.05) is 36.4 Å². The van der Waals surface area contributed by atoms with Crippen LogP contribution in [0.2, 0.25) is 0 Å². The smallest absolute Gasteiger partial charge is 0.338 e. The molecular weight excluding hydrogens is 250 g/mol. The summed E-state index contributed by atoms with van der Waals surface area (Å²) in [5.41, 5.74) is 3.27. The Labute approximate surface area is 116 Å². The summed E-state index contributed by atoms with van der Waals surface area (Å²) in [4.78, 5) is 16.3. The molecule has 2 aromatic carbocycles. The highest BCUT2D eigenvalue weighted by molar-refractivity contribution is 6.03. The zero-order chi connectivity index (χ0) is 13.9. The van der Waals surface area contributed by atoms with Crippen molar-refractivity contribution in [3.05, 3.63) is 66.2 Å². The number of nitrogens with zero attached hydrogens (tertiary/aromatic N) is 1. The lowest BCUT2D eigenvalue weighted by atomic mass is 10.1. The maximum atomic E-state index is 11.7. The fraction of sp³-hybridized carbons (Fsp3) is 0.0588. The Morgan fingerprint density at radius 1 is 0.950 bits per heavy atom. The van der Waals surface area contributed by atoms with Gasteiger partial charge in [0.15, 0.2) is 0 Å². The van der Waals surface area contributed by atoms with E-state index in [9.17, 15) is 4.79 Å². The van der Waals surface area contributed by atoms with Gasteiger partial charge in [-0.2, -0.15) is 0 Å². The minimum atomic E-state index is -0.343. The lowest BCUT2D eigenvalue weighted by molar-refractivity contribution is 0.0603. The van der Waals surface area contributed by atoms with Crippen LogP contribution in [0.5, 0.6) is 0 Å². The Bertz CT molecular complexity index is 766. The number of carbonyl (C=O) groups is 1. The number of ether oxygens (including phenoxy) is 1. The first-order valence-corrected chi connectivity index (χ1v) is 6.33. The minimum absolute atomic E-state index is 0.343. The largest absolute Gasteiger partial charge is 0.465 e. The Hall–Kier alpha value is -2.68. The summed E-state index contributed by atoms with van der Waals surface area (Å²) in [6.45, 7) is 0. The highest BCUT2D eigenvalue weighted by Crippen LogP contribution is 2.23. The van der Waals surface area contributed by atoms with Crippen molar-refractivity contribution < 1.29 is 9.53 Å². The molecule has 0 aliphatic heterocycles. The van der Waals surface area contributed by atoms with Gasteiger partial charge in [-0.05, 0) is 24.3 Å². The van der Waals surface area contributed by atoms with Gasteiger partial charge >= 0.3 is 5.97 Å². The average Bonchev–Trinajstić information content (AvgIpc) is 2.54. The number of pyridine rings is 1. The third-order valence-electron chi connectivity index (χ3n) is 3.21.